The van der Waals surface area contributed by atoms with Crippen molar-refractivity contribution in [2.24, 2.45) is 5.92 Å². The van der Waals surface area contributed by atoms with Gasteiger partial charge in [-0.25, -0.2) is 10.2 Å². The lowest BCUT2D eigenvalue weighted by Crippen LogP contribution is -2.58. The molecule has 3 rings (SSSR count). The first-order valence-corrected chi connectivity index (χ1v) is 11.3. The van der Waals surface area contributed by atoms with Crippen molar-refractivity contribution >= 4 is 11.7 Å². The second-order valence-corrected chi connectivity index (χ2v) is 8.77. The molecule has 1 aliphatic carbocycles. The Kier molecular flexibility index (Phi) is 12.1. The van der Waals surface area contributed by atoms with Crippen molar-refractivity contribution in [3.8, 4) is 6.57 Å². The quantitative estimate of drug-likeness (QED) is 0.709. The van der Waals surface area contributed by atoms with Crippen molar-refractivity contribution < 1.29 is 14.6 Å². The Labute approximate surface area is 188 Å². The summed E-state index contributed by atoms with van der Waals surface area (Å²) >= 11 is 0. The van der Waals surface area contributed by atoms with Gasteiger partial charge in [0.25, 0.3) is 0 Å². The van der Waals surface area contributed by atoms with Crippen molar-refractivity contribution in [3.63, 3.8) is 0 Å². The Hall–Kier alpha value is -2.17. The molecule has 0 spiro atoms. The van der Waals surface area contributed by atoms with Crippen LogP contribution in [0.4, 0.5) is 5.82 Å². The molecule has 2 aliphatic rings. The fourth-order valence-corrected chi connectivity index (χ4v) is 3.57. The molecule has 31 heavy (non-hydrogen) atoms. The van der Waals surface area contributed by atoms with E-state index in [1.54, 1.807) is 13.3 Å². The molecule has 2 heterocycles. The van der Waals surface area contributed by atoms with Crippen LogP contribution >= 0.6 is 0 Å². The zero-order chi connectivity index (χ0) is 23.4. The Morgan fingerprint density at radius 3 is 2.39 bits per heavy atom. The standard InChI is InChI=1S/C20H33N3O3.C3H6.CHN/c1-14(2)8-17-9-19(21-10-18(17)13-24)22-11-16(4)23(12-15(22)3)20(25)6-7-26-5;1-2-3-1;1-2/h9-10,14-16,24H,6-8,11-13H2,1-5H3;1-3H2;1H/t15-,16+;;/m0../s1. The highest BCUT2D eigenvalue weighted by Gasteiger charge is 2.32. The molecule has 1 amide bonds. The number of methoxy groups -OCH3 is 1. The average Bonchev–Trinajstić information content (AvgIpc) is 3.64. The Morgan fingerprint density at radius 1 is 1.23 bits per heavy atom. The van der Waals surface area contributed by atoms with Crippen molar-refractivity contribution in [2.45, 2.75) is 78.5 Å². The number of hydrogen-bond donors (Lipinski definition) is 1. The number of anilines is 1. The molecule has 1 aromatic heterocycles. The van der Waals surface area contributed by atoms with E-state index in [-0.39, 0.29) is 24.6 Å². The minimum absolute atomic E-state index is 0.0169. The third-order valence-electron chi connectivity index (χ3n) is 5.34. The van der Waals surface area contributed by atoms with Crippen molar-refractivity contribution in [1.29, 1.82) is 5.26 Å². The summed E-state index contributed by atoms with van der Waals surface area (Å²) in [5, 5.41) is 16.1. The van der Waals surface area contributed by atoms with Gasteiger partial charge in [-0.3, -0.25) is 4.79 Å². The van der Waals surface area contributed by atoms with Gasteiger partial charge < -0.3 is 19.6 Å². The lowest BCUT2D eigenvalue weighted by Gasteiger charge is -2.45. The largest absolute Gasteiger partial charge is 0.392 e. The van der Waals surface area contributed by atoms with Crippen molar-refractivity contribution in [1.82, 2.24) is 9.88 Å². The van der Waals surface area contributed by atoms with E-state index in [0.29, 0.717) is 25.5 Å². The first-order valence-electron chi connectivity index (χ1n) is 11.3. The normalized spacial score (nSPS) is 19.8. The minimum Gasteiger partial charge on any atom is -0.392 e. The number of rotatable bonds is 7. The van der Waals surface area contributed by atoms with E-state index in [4.69, 9.17) is 10.00 Å². The number of aliphatic hydroxyl groups excluding tert-OH is 1. The van der Waals surface area contributed by atoms with Gasteiger partial charge in [0.1, 0.15) is 5.82 Å². The van der Waals surface area contributed by atoms with E-state index in [1.807, 2.05) is 4.90 Å². The summed E-state index contributed by atoms with van der Waals surface area (Å²) in [5.74, 6) is 1.60. The van der Waals surface area contributed by atoms with Crippen LogP contribution in [0, 0.1) is 17.8 Å². The molecular formula is C24H40N4O3. The molecule has 2 fully saturated rings. The zero-order valence-electron chi connectivity index (χ0n) is 19.9. The summed E-state index contributed by atoms with van der Waals surface area (Å²) in [4.78, 5) is 21.2. The zero-order valence-corrected chi connectivity index (χ0v) is 19.9. The molecule has 1 aromatic rings. The van der Waals surface area contributed by atoms with Crippen LogP contribution in [0.2, 0.25) is 0 Å². The van der Waals surface area contributed by atoms with Crippen molar-refractivity contribution in [3.05, 3.63) is 23.4 Å². The van der Waals surface area contributed by atoms with Crippen molar-refractivity contribution in [2.75, 3.05) is 31.7 Å². The number of carbonyl (C=O) groups excluding carboxylic acids is 1. The third kappa shape index (κ3) is 8.84. The number of nitriles is 1. The molecule has 7 heteroatoms. The molecule has 7 nitrogen and oxygen atoms in total. The Bertz CT molecular complexity index is 688. The fraction of sp³-hybridized carbons (Fsp3) is 0.708. The summed E-state index contributed by atoms with van der Waals surface area (Å²) in [5.41, 5.74) is 2.06. The Morgan fingerprint density at radius 2 is 1.87 bits per heavy atom. The van der Waals surface area contributed by atoms with Crippen LogP contribution in [0.1, 0.15) is 64.5 Å². The molecule has 1 saturated carbocycles. The van der Waals surface area contributed by atoms with E-state index >= 15 is 0 Å². The van der Waals surface area contributed by atoms with Gasteiger partial charge in [0.15, 0.2) is 0 Å². The number of aromatic nitrogens is 1. The average molecular weight is 433 g/mol. The van der Waals surface area contributed by atoms with Gasteiger partial charge >= 0.3 is 0 Å². The van der Waals surface area contributed by atoms with Gasteiger partial charge in [0.05, 0.1) is 19.6 Å². The number of amides is 1. The van der Waals surface area contributed by atoms with Crippen LogP contribution in [-0.4, -0.2) is 59.8 Å². The molecule has 0 unspecified atom stereocenters. The van der Waals surface area contributed by atoms with Crippen LogP contribution in [0.25, 0.3) is 0 Å². The number of carbonyl (C=O) groups is 1. The van der Waals surface area contributed by atoms with Gasteiger partial charge in [0.2, 0.25) is 5.91 Å². The topological polar surface area (TPSA) is 89.7 Å². The van der Waals surface area contributed by atoms with Gasteiger partial charge in [0, 0.05) is 45.1 Å². The van der Waals surface area contributed by atoms with E-state index in [9.17, 15) is 9.90 Å². The van der Waals surface area contributed by atoms with Crippen LogP contribution in [0.5, 0.6) is 0 Å². The third-order valence-corrected chi connectivity index (χ3v) is 5.34. The molecular weight excluding hydrogens is 392 g/mol. The first-order chi connectivity index (χ1) is 14.9. The number of nitrogens with zero attached hydrogens (tertiary/aromatic N) is 4. The maximum atomic E-state index is 12.4. The molecule has 174 valence electrons. The minimum atomic E-state index is 0.0169. The predicted molar refractivity (Wildman–Crippen MR) is 124 cm³/mol. The molecule has 1 saturated heterocycles. The number of aliphatic hydroxyl groups is 1. The lowest BCUT2D eigenvalue weighted by molar-refractivity contribution is -0.135. The first kappa shape index (κ1) is 26.9. The fourth-order valence-electron chi connectivity index (χ4n) is 3.57. The molecule has 1 N–H and O–H groups in total. The number of pyridine rings is 1. The highest BCUT2D eigenvalue weighted by atomic mass is 16.5. The monoisotopic (exact) mass is 432 g/mol. The van der Waals surface area contributed by atoms with Gasteiger partial charge in [-0.05, 0) is 43.4 Å². The number of piperazine rings is 1. The molecule has 2 atom stereocenters. The van der Waals surface area contributed by atoms with E-state index in [0.717, 1.165) is 29.9 Å². The smallest absolute Gasteiger partial charge is 0.225 e. The lowest BCUT2D eigenvalue weighted by atomic mass is 9.99. The second kappa shape index (κ2) is 14.0. The Balaban J connectivity index is 0.000000859. The summed E-state index contributed by atoms with van der Waals surface area (Å²) in [6.45, 7) is 14.0. The van der Waals surface area contributed by atoms with Crippen LogP contribution in [0.15, 0.2) is 12.3 Å². The summed E-state index contributed by atoms with van der Waals surface area (Å²) in [6, 6.07) is 2.43. The summed E-state index contributed by atoms with van der Waals surface area (Å²) in [7, 11) is 1.62. The molecule has 0 bridgehead atoms. The number of ether oxygens (including phenoxy) is 1. The maximum absolute atomic E-state index is 12.4. The van der Waals surface area contributed by atoms with Gasteiger partial charge in [-0.1, -0.05) is 33.1 Å². The number of hydrogen-bond acceptors (Lipinski definition) is 6. The van der Waals surface area contributed by atoms with E-state index < -0.39 is 0 Å². The second-order valence-electron chi connectivity index (χ2n) is 8.77. The van der Waals surface area contributed by atoms with Crippen LogP contribution in [0.3, 0.4) is 0 Å². The van der Waals surface area contributed by atoms with E-state index in [2.05, 4.69) is 50.2 Å². The van der Waals surface area contributed by atoms with Gasteiger partial charge in [-0.2, -0.15) is 0 Å². The summed E-state index contributed by atoms with van der Waals surface area (Å²) < 4.78 is 5.03. The molecule has 0 aromatic carbocycles. The molecule has 0 radical (unpaired) electrons. The maximum Gasteiger partial charge on any atom is 0.225 e. The molecule has 1 aliphatic heterocycles. The van der Waals surface area contributed by atoms with Crippen LogP contribution < -0.4 is 4.90 Å². The van der Waals surface area contributed by atoms with Crippen LogP contribution in [-0.2, 0) is 22.6 Å². The predicted octanol–water partition coefficient (Wildman–Crippen LogP) is 3.54. The van der Waals surface area contributed by atoms with Gasteiger partial charge in [-0.15, -0.1) is 0 Å². The highest BCUT2D eigenvalue weighted by molar-refractivity contribution is 5.77. The van der Waals surface area contributed by atoms with E-state index in [1.165, 1.54) is 19.3 Å². The summed E-state index contributed by atoms with van der Waals surface area (Å²) in [6.07, 6.45) is 7.64. The highest BCUT2D eigenvalue weighted by Crippen LogP contribution is 2.25. The SMILES string of the molecule is C#N.C1CC1.COCCC(=O)N1C[C@H](C)N(c2cc(CC(C)C)c(CO)cn2)C[C@H]1C.